The monoisotopic (exact) mass is 273 g/mol. The highest BCUT2D eigenvalue weighted by atomic mass is 32.2. The Morgan fingerprint density at radius 1 is 1.50 bits per heavy atom. The molecular weight excluding hydrogens is 261 g/mol. The van der Waals surface area contributed by atoms with Gasteiger partial charge in [-0.25, -0.2) is 17.6 Å². The normalized spacial score (nSPS) is 17.5. The summed E-state index contributed by atoms with van der Waals surface area (Å²) in [6.45, 7) is 1.80. The van der Waals surface area contributed by atoms with Crippen LogP contribution in [0, 0.1) is 5.82 Å². The summed E-state index contributed by atoms with van der Waals surface area (Å²) in [7, 11) is -2.21. The Kier molecular flexibility index (Phi) is 3.12. The van der Waals surface area contributed by atoms with Crippen molar-refractivity contribution in [1.82, 2.24) is 4.31 Å². The minimum atomic E-state index is -3.61. The maximum Gasteiger partial charge on any atom is 0.341 e. The van der Waals surface area contributed by atoms with Gasteiger partial charge in [-0.1, -0.05) is 0 Å². The van der Waals surface area contributed by atoms with Gasteiger partial charge in [-0.3, -0.25) is 0 Å². The molecule has 0 aromatic heterocycles. The fraction of sp³-hybridized carbons (Fsp3) is 0.364. The third-order valence-electron chi connectivity index (χ3n) is 2.73. The average Bonchev–Trinajstić information content (AvgIpc) is 2.49. The van der Waals surface area contributed by atoms with E-state index in [1.807, 2.05) is 0 Å². The van der Waals surface area contributed by atoms with Gasteiger partial charge >= 0.3 is 5.97 Å². The van der Waals surface area contributed by atoms with Crippen LogP contribution in [0.15, 0.2) is 17.0 Å². The number of ether oxygens (including phenoxy) is 1. The zero-order chi connectivity index (χ0) is 13.5. The summed E-state index contributed by atoms with van der Waals surface area (Å²) in [5.41, 5.74) is -0.00229. The molecule has 0 atom stereocenters. The molecule has 5 nitrogen and oxygen atoms in total. The predicted octanol–water partition coefficient (Wildman–Crippen LogP) is 1.14. The highest BCUT2D eigenvalue weighted by molar-refractivity contribution is 7.89. The van der Waals surface area contributed by atoms with Crippen molar-refractivity contribution in [2.24, 2.45) is 0 Å². The summed E-state index contributed by atoms with van der Waals surface area (Å²) in [5, 5.41) is 0. The Balaban J connectivity index is 2.56. The number of fused-ring (bicyclic) bond motifs is 1. The number of halogens is 1. The summed E-state index contributed by atoms with van der Waals surface area (Å²) in [5.74, 6) is -1.62. The van der Waals surface area contributed by atoms with Gasteiger partial charge in [0.15, 0.2) is 0 Å². The number of hydrogen-bond acceptors (Lipinski definition) is 4. The van der Waals surface area contributed by atoms with Crippen LogP contribution in [0.3, 0.4) is 0 Å². The van der Waals surface area contributed by atoms with Crippen LogP contribution in [0.2, 0.25) is 0 Å². The summed E-state index contributed by atoms with van der Waals surface area (Å²) in [6, 6.07) is 2.12. The lowest BCUT2D eigenvalue weighted by atomic mass is 10.1. The van der Waals surface area contributed by atoms with Gasteiger partial charge in [-0.05, 0) is 24.6 Å². The van der Waals surface area contributed by atoms with Crippen LogP contribution in [0.4, 0.5) is 4.39 Å². The van der Waals surface area contributed by atoms with E-state index in [2.05, 4.69) is 4.74 Å². The fourth-order valence-electron chi connectivity index (χ4n) is 1.82. The van der Waals surface area contributed by atoms with E-state index < -0.39 is 21.8 Å². The number of hydrogen-bond donors (Lipinski definition) is 0. The molecule has 1 aromatic rings. The van der Waals surface area contributed by atoms with Gasteiger partial charge in [-0.15, -0.1) is 0 Å². The number of carbonyl (C=O) groups excluding carboxylic acids is 1. The van der Waals surface area contributed by atoms with Crippen molar-refractivity contribution >= 4 is 16.0 Å². The van der Waals surface area contributed by atoms with Crippen molar-refractivity contribution in [3.63, 3.8) is 0 Å². The molecule has 1 aliphatic rings. The largest absolute Gasteiger partial charge is 0.462 e. The van der Waals surface area contributed by atoms with E-state index in [0.29, 0.717) is 5.56 Å². The van der Waals surface area contributed by atoms with Gasteiger partial charge in [0, 0.05) is 13.6 Å². The molecule has 98 valence electrons. The predicted molar refractivity (Wildman–Crippen MR) is 61.0 cm³/mol. The molecule has 0 radical (unpaired) electrons. The SMILES string of the molecule is CCOC(=O)c1cc2c(cc1F)CN(C)S2(=O)=O. The zero-order valence-electron chi connectivity index (χ0n) is 9.94. The molecule has 0 saturated carbocycles. The van der Waals surface area contributed by atoms with Crippen LogP contribution in [0.5, 0.6) is 0 Å². The molecule has 0 aliphatic carbocycles. The molecule has 0 N–H and O–H groups in total. The maximum atomic E-state index is 13.7. The van der Waals surface area contributed by atoms with Gasteiger partial charge in [-0.2, -0.15) is 4.31 Å². The molecule has 0 unspecified atom stereocenters. The lowest BCUT2D eigenvalue weighted by molar-refractivity contribution is 0.0520. The van der Waals surface area contributed by atoms with E-state index in [-0.39, 0.29) is 23.6 Å². The number of sulfonamides is 1. The average molecular weight is 273 g/mol. The first-order chi connectivity index (χ1) is 8.37. The van der Waals surface area contributed by atoms with Crippen LogP contribution >= 0.6 is 0 Å². The smallest absolute Gasteiger partial charge is 0.341 e. The van der Waals surface area contributed by atoms with Crippen LogP contribution in [-0.2, 0) is 21.3 Å². The van der Waals surface area contributed by atoms with Gasteiger partial charge in [0.2, 0.25) is 10.0 Å². The van der Waals surface area contributed by atoms with Crippen LogP contribution in [0.1, 0.15) is 22.8 Å². The van der Waals surface area contributed by atoms with E-state index in [1.54, 1.807) is 6.92 Å². The Hall–Kier alpha value is -1.47. The number of carbonyl (C=O) groups is 1. The lowest BCUT2D eigenvalue weighted by Gasteiger charge is -2.06. The Bertz CT molecular complexity index is 612. The minimum Gasteiger partial charge on any atom is -0.462 e. The van der Waals surface area contributed by atoms with Crippen molar-refractivity contribution < 1.29 is 22.3 Å². The quantitative estimate of drug-likeness (QED) is 0.758. The highest BCUT2D eigenvalue weighted by Crippen LogP contribution is 2.31. The number of benzene rings is 1. The summed E-state index contributed by atoms with van der Waals surface area (Å²) < 4.78 is 43.2. The zero-order valence-corrected chi connectivity index (χ0v) is 10.8. The van der Waals surface area contributed by atoms with E-state index in [0.717, 1.165) is 16.4 Å². The second kappa shape index (κ2) is 4.33. The van der Waals surface area contributed by atoms with Crippen LogP contribution in [0.25, 0.3) is 0 Å². The third-order valence-corrected chi connectivity index (χ3v) is 4.61. The topological polar surface area (TPSA) is 63.7 Å². The molecule has 0 fully saturated rings. The Labute approximate surface area is 104 Å². The van der Waals surface area contributed by atoms with Crippen molar-refractivity contribution in [3.8, 4) is 0 Å². The van der Waals surface area contributed by atoms with Crippen LogP contribution in [-0.4, -0.2) is 32.3 Å². The third kappa shape index (κ3) is 1.89. The molecule has 1 aliphatic heterocycles. The number of rotatable bonds is 2. The standard InChI is InChI=1S/C11H12FNO4S/c1-3-17-11(14)8-5-10-7(4-9(8)12)6-13(2)18(10,15)16/h4-5H,3,6H2,1-2H3. The Morgan fingerprint density at radius 2 is 2.17 bits per heavy atom. The van der Waals surface area contributed by atoms with Gasteiger partial charge in [0.1, 0.15) is 5.82 Å². The molecule has 18 heavy (non-hydrogen) atoms. The van der Waals surface area contributed by atoms with E-state index in [4.69, 9.17) is 0 Å². The highest BCUT2D eigenvalue weighted by Gasteiger charge is 2.34. The van der Waals surface area contributed by atoms with Crippen molar-refractivity contribution in [3.05, 3.63) is 29.1 Å². The van der Waals surface area contributed by atoms with E-state index in [1.165, 1.54) is 7.05 Å². The second-order valence-electron chi connectivity index (χ2n) is 3.92. The molecule has 0 spiro atoms. The molecule has 1 heterocycles. The molecule has 2 rings (SSSR count). The lowest BCUT2D eigenvalue weighted by Crippen LogP contribution is -2.18. The molecule has 0 amide bonds. The van der Waals surface area contributed by atoms with Crippen LogP contribution < -0.4 is 0 Å². The van der Waals surface area contributed by atoms with E-state index in [9.17, 15) is 17.6 Å². The molecule has 7 heteroatoms. The molecule has 0 saturated heterocycles. The van der Waals surface area contributed by atoms with E-state index >= 15 is 0 Å². The Morgan fingerprint density at radius 3 is 2.78 bits per heavy atom. The van der Waals surface area contributed by atoms with Gasteiger partial charge < -0.3 is 4.74 Å². The first-order valence-corrected chi connectivity index (χ1v) is 6.77. The van der Waals surface area contributed by atoms with Crippen molar-refractivity contribution in [2.75, 3.05) is 13.7 Å². The first-order valence-electron chi connectivity index (χ1n) is 5.33. The second-order valence-corrected chi connectivity index (χ2v) is 5.93. The number of esters is 1. The summed E-state index contributed by atoms with van der Waals surface area (Å²) >= 11 is 0. The summed E-state index contributed by atoms with van der Waals surface area (Å²) in [4.78, 5) is 11.5. The first kappa shape index (κ1) is 13.0. The fourth-order valence-corrected chi connectivity index (χ4v) is 3.18. The summed E-state index contributed by atoms with van der Waals surface area (Å²) in [6.07, 6.45) is 0. The van der Waals surface area contributed by atoms with Crippen molar-refractivity contribution in [2.45, 2.75) is 18.4 Å². The minimum absolute atomic E-state index is 0.0329. The molecule has 1 aromatic carbocycles. The molecular formula is C11H12FNO4S. The maximum absolute atomic E-state index is 13.7. The molecule has 0 bridgehead atoms. The van der Waals surface area contributed by atoms with Gasteiger partial charge in [0.25, 0.3) is 0 Å². The van der Waals surface area contributed by atoms with Gasteiger partial charge in [0.05, 0.1) is 17.1 Å². The number of nitrogens with zero attached hydrogens (tertiary/aromatic N) is 1. The van der Waals surface area contributed by atoms with Crippen molar-refractivity contribution in [1.29, 1.82) is 0 Å².